The molecule has 0 bridgehead atoms. The molecule has 41 heavy (non-hydrogen) atoms. The van der Waals surface area contributed by atoms with E-state index in [1.165, 1.54) is 6.20 Å². The van der Waals surface area contributed by atoms with E-state index in [1.807, 2.05) is 43.6 Å². The number of nitrogens with zero attached hydrogens (tertiary/aromatic N) is 4. The average Bonchev–Trinajstić information content (AvgIpc) is 3.75. The Morgan fingerprint density at radius 3 is 2.95 bits per heavy atom. The van der Waals surface area contributed by atoms with Gasteiger partial charge in [-0.1, -0.05) is 35.5 Å². The highest BCUT2D eigenvalue weighted by Gasteiger charge is 2.57. The van der Waals surface area contributed by atoms with Crippen molar-refractivity contribution in [2.75, 3.05) is 20.9 Å². The van der Waals surface area contributed by atoms with Crippen LogP contribution >= 0.6 is 0 Å². The van der Waals surface area contributed by atoms with Gasteiger partial charge in [0.15, 0.2) is 6.73 Å². The minimum atomic E-state index is -1.20. The molecular weight excluding hydrogens is 529 g/mol. The van der Waals surface area contributed by atoms with Crippen LogP contribution in [0.2, 0.25) is 0 Å². The van der Waals surface area contributed by atoms with Gasteiger partial charge >= 0.3 is 0 Å². The van der Waals surface area contributed by atoms with Crippen LogP contribution in [-0.4, -0.2) is 64.7 Å². The predicted octanol–water partition coefficient (Wildman–Crippen LogP) is 2.17. The van der Waals surface area contributed by atoms with E-state index in [9.17, 15) is 4.39 Å². The van der Waals surface area contributed by atoms with Gasteiger partial charge in [0.2, 0.25) is 17.3 Å². The third-order valence-corrected chi connectivity index (χ3v) is 8.05. The molecule has 4 aliphatic rings. The van der Waals surface area contributed by atoms with Crippen molar-refractivity contribution in [3.63, 3.8) is 0 Å². The van der Waals surface area contributed by atoms with E-state index in [0.717, 1.165) is 27.9 Å². The van der Waals surface area contributed by atoms with Gasteiger partial charge in [-0.25, -0.2) is 4.39 Å². The van der Waals surface area contributed by atoms with Crippen LogP contribution in [0.3, 0.4) is 0 Å². The Morgan fingerprint density at radius 2 is 2.12 bits per heavy atom. The molecule has 4 atom stereocenters. The van der Waals surface area contributed by atoms with E-state index in [-0.39, 0.29) is 37.7 Å². The quantitative estimate of drug-likeness (QED) is 0.285. The number of H-pyrrole nitrogens is 1. The number of methoxy groups -OCH3 is 1. The van der Waals surface area contributed by atoms with Gasteiger partial charge in [0, 0.05) is 43.9 Å². The largest absolute Gasteiger partial charge is 0.455 e. The molecule has 214 valence electrons. The summed E-state index contributed by atoms with van der Waals surface area (Å²) in [4.78, 5) is 8.37. The van der Waals surface area contributed by atoms with Crippen LogP contribution in [0.15, 0.2) is 70.0 Å². The molecule has 1 aromatic carbocycles. The maximum atomic E-state index is 13.9. The smallest absolute Gasteiger partial charge is 0.252 e. The van der Waals surface area contributed by atoms with Crippen LogP contribution in [0.4, 0.5) is 4.39 Å². The van der Waals surface area contributed by atoms with E-state index in [2.05, 4.69) is 44.4 Å². The summed E-state index contributed by atoms with van der Waals surface area (Å²) in [5, 5.41) is 26.2. The van der Waals surface area contributed by atoms with Crippen LogP contribution in [0.1, 0.15) is 36.3 Å². The van der Waals surface area contributed by atoms with Gasteiger partial charge in [-0.05, 0) is 25.0 Å². The fourth-order valence-corrected chi connectivity index (χ4v) is 6.01. The van der Waals surface area contributed by atoms with Crippen LogP contribution < -0.4 is 21.3 Å². The second-order valence-corrected chi connectivity index (χ2v) is 10.9. The number of hydrogen-bond acceptors (Lipinski definition) is 11. The number of allylic oxidation sites excluding steroid dienone is 2. The third kappa shape index (κ3) is 4.15. The fourth-order valence-electron chi connectivity index (χ4n) is 6.01. The molecule has 13 heteroatoms. The van der Waals surface area contributed by atoms with Crippen LogP contribution in [0.25, 0.3) is 10.9 Å². The van der Waals surface area contributed by atoms with Gasteiger partial charge in [0.05, 0.1) is 23.5 Å². The minimum absolute atomic E-state index is 0.171. The predicted molar refractivity (Wildman–Crippen MR) is 148 cm³/mol. The minimum Gasteiger partial charge on any atom is -0.455 e. The van der Waals surface area contributed by atoms with Gasteiger partial charge in [-0.3, -0.25) is 10.3 Å². The normalized spacial score (nSPS) is 29.1. The number of benzene rings is 1. The van der Waals surface area contributed by atoms with E-state index in [4.69, 9.17) is 24.1 Å². The lowest BCUT2D eigenvalue weighted by atomic mass is 9.79. The molecule has 6 heterocycles. The number of halogens is 1. The zero-order valence-electron chi connectivity index (χ0n) is 23.0. The van der Waals surface area contributed by atoms with Crippen molar-refractivity contribution in [3.8, 4) is 0 Å². The SMILES string of the molecule is COCc1nc(C2(C3=NN(C)CO3)N[C@@H](C3(C)NC=C(C4C=CCC(F)=CN4)N3)Cc3c2[nH]c2ccccc32)no1. The van der Waals surface area contributed by atoms with Crippen molar-refractivity contribution in [2.45, 2.75) is 49.7 Å². The number of ether oxygens (including phenoxy) is 2. The molecule has 2 aromatic heterocycles. The molecule has 3 aromatic rings. The van der Waals surface area contributed by atoms with Gasteiger partial charge in [-0.15, -0.1) is 5.10 Å². The highest BCUT2D eigenvalue weighted by molar-refractivity contribution is 5.95. The molecule has 7 rings (SSSR count). The molecule has 0 saturated heterocycles. The summed E-state index contributed by atoms with van der Waals surface area (Å²) < 4.78 is 30.9. The highest BCUT2D eigenvalue weighted by Crippen LogP contribution is 2.43. The summed E-state index contributed by atoms with van der Waals surface area (Å²) in [6, 6.07) is 7.75. The number of hydrogen-bond donors (Lipinski definition) is 5. The van der Waals surface area contributed by atoms with Crippen molar-refractivity contribution in [2.24, 2.45) is 5.10 Å². The standard InChI is InChI=1S/C28H32FN9O3/c1-27(31-13-21(34-27)20-10-6-7-16(29)12-30-20)22-11-18-17-8-4-5-9-19(17)32-24(18)28(35-22,26-36-38(2)15-40-26)25-33-23(14-39-3)41-37-25/h4-6,8-10,12-13,20,22,30-32,34-35H,7,11,14-15H2,1-3H3/t20?,22-,27?,28?/m1/s1. The van der Waals surface area contributed by atoms with Crippen molar-refractivity contribution in [1.82, 2.24) is 41.4 Å². The van der Waals surface area contributed by atoms with E-state index >= 15 is 0 Å². The Hall–Kier alpha value is -4.36. The zero-order valence-corrected chi connectivity index (χ0v) is 23.0. The lowest BCUT2D eigenvalue weighted by molar-refractivity contribution is 0.151. The molecule has 0 amide bonds. The van der Waals surface area contributed by atoms with Crippen molar-refractivity contribution in [1.29, 1.82) is 0 Å². The molecule has 4 aliphatic heterocycles. The lowest BCUT2D eigenvalue weighted by Gasteiger charge is -2.45. The summed E-state index contributed by atoms with van der Waals surface area (Å²) in [7, 11) is 3.43. The third-order valence-electron chi connectivity index (χ3n) is 8.05. The molecular formula is C28H32FN9O3. The number of aromatic nitrogens is 3. The van der Waals surface area contributed by atoms with Gasteiger partial charge in [0.25, 0.3) is 5.89 Å². The monoisotopic (exact) mass is 561 g/mol. The van der Waals surface area contributed by atoms with Gasteiger partial charge in [-0.2, -0.15) is 4.98 Å². The second-order valence-electron chi connectivity index (χ2n) is 10.9. The summed E-state index contributed by atoms with van der Waals surface area (Å²) in [6.45, 7) is 2.54. The first-order chi connectivity index (χ1) is 19.9. The topological polar surface area (TPSA) is 137 Å². The molecule has 5 N–H and O–H groups in total. The number of rotatable bonds is 6. The molecule has 3 unspecified atom stereocenters. The summed E-state index contributed by atoms with van der Waals surface area (Å²) >= 11 is 0. The fraction of sp³-hybridized carbons (Fsp3) is 0.393. The van der Waals surface area contributed by atoms with Gasteiger partial charge < -0.3 is 34.9 Å². The lowest BCUT2D eigenvalue weighted by Crippen LogP contribution is -2.70. The first kappa shape index (κ1) is 25.6. The number of para-hydroxylation sites is 1. The van der Waals surface area contributed by atoms with E-state index in [0.29, 0.717) is 24.0 Å². The number of nitrogens with one attached hydrogen (secondary N) is 5. The zero-order chi connectivity index (χ0) is 28.2. The Bertz CT molecular complexity index is 1610. The van der Waals surface area contributed by atoms with Crippen molar-refractivity contribution >= 4 is 16.8 Å². The van der Waals surface area contributed by atoms with E-state index in [1.54, 1.807) is 12.1 Å². The molecule has 0 saturated carbocycles. The van der Waals surface area contributed by atoms with Crippen molar-refractivity contribution in [3.05, 3.63) is 83.3 Å². The summed E-state index contributed by atoms with van der Waals surface area (Å²) in [5.41, 5.74) is 1.96. The summed E-state index contributed by atoms with van der Waals surface area (Å²) in [6.07, 6.45) is 8.08. The van der Waals surface area contributed by atoms with Crippen LogP contribution in [0, 0.1) is 0 Å². The maximum absolute atomic E-state index is 13.9. The maximum Gasteiger partial charge on any atom is 0.252 e. The molecule has 0 spiro atoms. The molecule has 12 nitrogen and oxygen atoms in total. The Morgan fingerprint density at radius 1 is 1.24 bits per heavy atom. The Labute approximate surface area is 235 Å². The van der Waals surface area contributed by atoms with Gasteiger partial charge in [0.1, 0.15) is 18.1 Å². The number of aromatic amines is 1. The van der Waals surface area contributed by atoms with Crippen LogP contribution in [0.5, 0.6) is 0 Å². The molecule has 0 aliphatic carbocycles. The summed E-state index contributed by atoms with van der Waals surface area (Å²) in [5.74, 6) is 0.902. The first-order valence-corrected chi connectivity index (χ1v) is 13.6. The van der Waals surface area contributed by atoms with Crippen LogP contribution in [-0.2, 0) is 28.0 Å². The molecule has 0 fully saturated rings. The first-order valence-electron chi connectivity index (χ1n) is 13.6. The number of fused-ring (bicyclic) bond motifs is 3. The Balaban J connectivity index is 1.34. The second kappa shape index (κ2) is 9.63. The Kier molecular flexibility index (Phi) is 6.01. The van der Waals surface area contributed by atoms with E-state index < -0.39 is 11.2 Å². The number of hydrazone groups is 1. The molecule has 0 radical (unpaired) electrons. The van der Waals surface area contributed by atoms with Crippen molar-refractivity contribution < 1.29 is 18.4 Å². The highest BCUT2D eigenvalue weighted by atomic mass is 19.1. The average molecular weight is 562 g/mol.